The summed E-state index contributed by atoms with van der Waals surface area (Å²) in [5, 5.41) is 2.98. The summed E-state index contributed by atoms with van der Waals surface area (Å²) in [4.78, 5) is 27.7. The lowest BCUT2D eigenvalue weighted by molar-refractivity contribution is -0.125. The third kappa shape index (κ3) is 4.10. The molecule has 30 heavy (non-hydrogen) atoms. The Morgan fingerprint density at radius 2 is 1.83 bits per heavy atom. The van der Waals surface area contributed by atoms with Crippen molar-refractivity contribution in [2.24, 2.45) is 11.8 Å². The van der Waals surface area contributed by atoms with Gasteiger partial charge in [0.15, 0.2) is 11.5 Å². The van der Waals surface area contributed by atoms with Gasteiger partial charge in [0, 0.05) is 31.1 Å². The van der Waals surface area contributed by atoms with Crippen LogP contribution in [0, 0.1) is 17.7 Å². The molecule has 0 aromatic heterocycles. The van der Waals surface area contributed by atoms with Crippen LogP contribution in [0.2, 0.25) is 0 Å². The molecule has 2 aromatic rings. The third-order valence-corrected chi connectivity index (χ3v) is 5.55. The summed E-state index contributed by atoms with van der Waals surface area (Å²) in [7, 11) is 0. The Bertz CT molecular complexity index is 945. The average molecular weight is 412 g/mol. The Balaban J connectivity index is 1.56. The Kier molecular flexibility index (Phi) is 5.61. The quantitative estimate of drug-likeness (QED) is 0.819. The number of benzene rings is 2. The molecular weight excluding hydrogens is 387 g/mol. The Labute approximate surface area is 175 Å². The molecule has 0 spiro atoms. The monoisotopic (exact) mass is 412 g/mol. The first kappa shape index (κ1) is 20.2. The van der Waals surface area contributed by atoms with E-state index in [0.717, 1.165) is 5.56 Å². The van der Waals surface area contributed by atoms with E-state index >= 15 is 0 Å². The van der Waals surface area contributed by atoms with Crippen LogP contribution in [0.5, 0.6) is 11.5 Å². The summed E-state index contributed by atoms with van der Waals surface area (Å²) in [5.74, 6) is 0.308. The summed E-state index contributed by atoms with van der Waals surface area (Å²) < 4.78 is 24.1. The van der Waals surface area contributed by atoms with Crippen LogP contribution in [0.15, 0.2) is 42.5 Å². The van der Waals surface area contributed by atoms with Gasteiger partial charge in [0.05, 0.1) is 5.92 Å². The number of ether oxygens (including phenoxy) is 2. The standard InChI is InChI=1S/C23H25FN2O4/c1-14(2)10-25-22(27)19-12-26(11-18(19)15-3-6-17(24)7-4-15)23(28)16-5-8-20-21(9-16)30-13-29-20/h3-9,14,18-19H,10-13H2,1-2H3,(H,25,27)/t18-,19+/m0/s1. The van der Waals surface area contributed by atoms with Gasteiger partial charge in [-0.25, -0.2) is 4.39 Å². The van der Waals surface area contributed by atoms with Gasteiger partial charge < -0.3 is 19.7 Å². The first-order valence-corrected chi connectivity index (χ1v) is 10.1. The molecule has 2 atom stereocenters. The summed E-state index contributed by atoms with van der Waals surface area (Å²) in [6, 6.07) is 11.3. The fraction of sp³-hybridized carbons (Fsp3) is 0.391. The van der Waals surface area contributed by atoms with Crippen LogP contribution >= 0.6 is 0 Å². The van der Waals surface area contributed by atoms with Crippen LogP contribution in [-0.4, -0.2) is 43.1 Å². The highest BCUT2D eigenvalue weighted by molar-refractivity contribution is 5.96. The second-order valence-electron chi connectivity index (χ2n) is 8.18. The van der Waals surface area contributed by atoms with E-state index < -0.39 is 5.92 Å². The number of hydrogen-bond acceptors (Lipinski definition) is 4. The molecule has 6 nitrogen and oxygen atoms in total. The predicted molar refractivity (Wildman–Crippen MR) is 109 cm³/mol. The summed E-state index contributed by atoms with van der Waals surface area (Å²) in [6.45, 7) is 5.46. The first-order chi connectivity index (χ1) is 14.4. The number of hydrogen-bond donors (Lipinski definition) is 1. The van der Waals surface area contributed by atoms with Crippen LogP contribution in [0.1, 0.15) is 35.7 Å². The van der Waals surface area contributed by atoms with Gasteiger partial charge in [0.25, 0.3) is 5.91 Å². The molecule has 158 valence electrons. The van der Waals surface area contributed by atoms with Gasteiger partial charge in [-0.1, -0.05) is 26.0 Å². The van der Waals surface area contributed by atoms with Gasteiger partial charge >= 0.3 is 0 Å². The zero-order valence-electron chi connectivity index (χ0n) is 17.1. The van der Waals surface area contributed by atoms with E-state index in [1.165, 1.54) is 12.1 Å². The number of fused-ring (bicyclic) bond motifs is 1. The second-order valence-corrected chi connectivity index (χ2v) is 8.18. The van der Waals surface area contributed by atoms with Gasteiger partial charge in [0.1, 0.15) is 5.82 Å². The lowest BCUT2D eigenvalue weighted by Crippen LogP contribution is -2.37. The van der Waals surface area contributed by atoms with Crippen molar-refractivity contribution in [1.82, 2.24) is 10.2 Å². The highest BCUT2D eigenvalue weighted by atomic mass is 19.1. The fourth-order valence-corrected chi connectivity index (χ4v) is 3.93. The fourth-order valence-electron chi connectivity index (χ4n) is 3.93. The van der Waals surface area contributed by atoms with Crippen molar-refractivity contribution in [2.45, 2.75) is 19.8 Å². The zero-order valence-corrected chi connectivity index (χ0v) is 17.1. The van der Waals surface area contributed by atoms with E-state index in [2.05, 4.69) is 5.32 Å². The van der Waals surface area contributed by atoms with Crippen LogP contribution in [0.25, 0.3) is 0 Å². The number of nitrogens with zero attached hydrogens (tertiary/aromatic N) is 1. The number of rotatable bonds is 5. The highest BCUT2D eigenvalue weighted by Crippen LogP contribution is 2.36. The van der Waals surface area contributed by atoms with Gasteiger partial charge in [-0.05, 0) is 41.8 Å². The van der Waals surface area contributed by atoms with Gasteiger partial charge in [-0.15, -0.1) is 0 Å². The predicted octanol–water partition coefficient (Wildman–Crippen LogP) is 3.18. The first-order valence-electron chi connectivity index (χ1n) is 10.1. The van der Waals surface area contributed by atoms with Crippen LogP contribution in [-0.2, 0) is 4.79 Å². The molecule has 1 saturated heterocycles. The largest absolute Gasteiger partial charge is 0.454 e. The summed E-state index contributed by atoms with van der Waals surface area (Å²) in [5.41, 5.74) is 1.34. The minimum Gasteiger partial charge on any atom is -0.454 e. The van der Waals surface area contributed by atoms with Crippen molar-refractivity contribution < 1.29 is 23.5 Å². The number of likely N-dealkylation sites (tertiary alicyclic amines) is 1. The molecule has 2 aliphatic rings. The number of halogens is 1. The summed E-state index contributed by atoms with van der Waals surface area (Å²) in [6.07, 6.45) is 0. The van der Waals surface area contributed by atoms with E-state index in [1.807, 2.05) is 13.8 Å². The van der Waals surface area contributed by atoms with Crippen molar-refractivity contribution in [1.29, 1.82) is 0 Å². The topological polar surface area (TPSA) is 67.9 Å². The smallest absolute Gasteiger partial charge is 0.254 e. The molecule has 7 heteroatoms. The molecule has 0 saturated carbocycles. The minimum absolute atomic E-state index is 0.0842. The van der Waals surface area contributed by atoms with Gasteiger partial charge in [0.2, 0.25) is 12.7 Å². The maximum atomic E-state index is 13.4. The lowest BCUT2D eigenvalue weighted by atomic mass is 9.88. The van der Waals surface area contributed by atoms with E-state index in [1.54, 1.807) is 35.2 Å². The van der Waals surface area contributed by atoms with E-state index in [-0.39, 0.29) is 30.3 Å². The van der Waals surface area contributed by atoms with Crippen molar-refractivity contribution in [2.75, 3.05) is 26.4 Å². The SMILES string of the molecule is CC(C)CNC(=O)[C@@H]1CN(C(=O)c2ccc3c(c2)OCO3)C[C@H]1c1ccc(F)cc1. The van der Waals surface area contributed by atoms with E-state index in [9.17, 15) is 14.0 Å². The van der Waals surface area contributed by atoms with Crippen molar-refractivity contribution >= 4 is 11.8 Å². The lowest BCUT2D eigenvalue weighted by Gasteiger charge is -2.18. The van der Waals surface area contributed by atoms with Crippen molar-refractivity contribution in [3.05, 3.63) is 59.4 Å². The second kappa shape index (κ2) is 8.34. The van der Waals surface area contributed by atoms with Crippen LogP contribution in [0.4, 0.5) is 4.39 Å². The molecule has 4 rings (SSSR count). The van der Waals surface area contributed by atoms with Crippen molar-refractivity contribution in [3.8, 4) is 11.5 Å². The Morgan fingerprint density at radius 1 is 1.10 bits per heavy atom. The zero-order chi connectivity index (χ0) is 21.3. The maximum Gasteiger partial charge on any atom is 0.254 e. The number of carbonyl (C=O) groups is 2. The molecule has 2 heterocycles. The summed E-state index contributed by atoms with van der Waals surface area (Å²) >= 11 is 0. The molecule has 2 aliphatic heterocycles. The van der Waals surface area contributed by atoms with Crippen LogP contribution < -0.4 is 14.8 Å². The van der Waals surface area contributed by atoms with Gasteiger partial charge in [-0.2, -0.15) is 0 Å². The molecule has 2 amide bonds. The average Bonchev–Trinajstić information content (AvgIpc) is 3.38. The molecule has 0 bridgehead atoms. The number of carbonyl (C=O) groups excluding carboxylic acids is 2. The minimum atomic E-state index is -0.396. The Hall–Kier alpha value is -3.09. The molecular formula is C23H25FN2O4. The van der Waals surface area contributed by atoms with E-state index in [4.69, 9.17) is 9.47 Å². The highest BCUT2D eigenvalue weighted by Gasteiger charge is 2.40. The van der Waals surface area contributed by atoms with Gasteiger partial charge in [-0.3, -0.25) is 9.59 Å². The maximum absolute atomic E-state index is 13.4. The van der Waals surface area contributed by atoms with E-state index in [0.29, 0.717) is 42.6 Å². The van der Waals surface area contributed by atoms with Crippen LogP contribution in [0.3, 0.4) is 0 Å². The normalized spacial score (nSPS) is 19.9. The molecule has 2 aromatic carbocycles. The molecule has 1 fully saturated rings. The Morgan fingerprint density at radius 3 is 2.57 bits per heavy atom. The number of nitrogens with one attached hydrogen (secondary N) is 1. The molecule has 1 N–H and O–H groups in total. The molecule has 0 unspecified atom stereocenters. The third-order valence-electron chi connectivity index (χ3n) is 5.55. The molecule has 0 aliphatic carbocycles. The molecule has 0 radical (unpaired) electrons. The van der Waals surface area contributed by atoms with Crippen molar-refractivity contribution in [3.63, 3.8) is 0 Å². The number of amides is 2.